The van der Waals surface area contributed by atoms with Crippen LogP contribution in [0.1, 0.15) is 25.7 Å². The first kappa shape index (κ1) is 6.20. The fraction of sp³-hybridized carbons (Fsp3) is 0.875. The summed E-state index contributed by atoms with van der Waals surface area (Å²) in [5, 5.41) is 3.29. The van der Waals surface area contributed by atoms with Crippen molar-refractivity contribution in [2.45, 2.75) is 25.7 Å². The van der Waals surface area contributed by atoms with Gasteiger partial charge in [-0.25, -0.2) is 0 Å². The number of aliphatic imine (C=N–C) groups is 1. The Morgan fingerprint density at radius 2 is 2.40 bits per heavy atom. The molecule has 0 saturated heterocycles. The van der Waals surface area contributed by atoms with Crippen LogP contribution in [-0.4, -0.2) is 18.9 Å². The average Bonchev–Trinajstić information content (AvgIpc) is 2.63. The van der Waals surface area contributed by atoms with E-state index in [0.29, 0.717) is 0 Å². The van der Waals surface area contributed by atoms with E-state index in [2.05, 4.69) is 10.3 Å². The Balaban J connectivity index is 1.68. The molecule has 0 aromatic heterocycles. The van der Waals surface area contributed by atoms with Gasteiger partial charge in [-0.2, -0.15) is 0 Å². The third kappa shape index (κ3) is 1.49. The number of rotatable bonds is 3. The zero-order chi connectivity index (χ0) is 6.81. The molecule has 0 aromatic rings. The van der Waals surface area contributed by atoms with Crippen molar-refractivity contribution >= 4 is 5.84 Å². The van der Waals surface area contributed by atoms with E-state index in [1.165, 1.54) is 31.5 Å². The minimum absolute atomic E-state index is 1.00. The van der Waals surface area contributed by atoms with E-state index in [1.807, 2.05) is 0 Å². The summed E-state index contributed by atoms with van der Waals surface area (Å²) in [4.78, 5) is 4.34. The van der Waals surface area contributed by atoms with Crippen molar-refractivity contribution in [1.82, 2.24) is 5.32 Å². The van der Waals surface area contributed by atoms with E-state index in [-0.39, 0.29) is 0 Å². The van der Waals surface area contributed by atoms with Crippen LogP contribution < -0.4 is 5.32 Å². The monoisotopic (exact) mass is 138 g/mol. The molecule has 0 unspecified atom stereocenters. The Morgan fingerprint density at radius 1 is 1.50 bits per heavy atom. The molecular weight excluding hydrogens is 124 g/mol. The minimum atomic E-state index is 1.00. The summed E-state index contributed by atoms with van der Waals surface area (Å²) < 4.78 is 0. The van der Waals surface area contributed by atoms with Crippen LogP contribution in [-0.2, 0) is 0 Å². The molecular formula is C8H14N2. The van der Waals surface area contributed by atoms with Gasteiger partial charge in [0.2, 0.25) is 0 Å². The van der Waals surface area contributed by atoms with Gasteiger partial charge in [0.15, 0.2) is 0 Å². The molecule has 1 saturated carbocycles. The molecule has 0 bridgehead atoms. The van der Waals surface area contributed by atoms with Gasteiger partial charge in [-0.1, -0.05) is 12.8 Å². The molecule has 2 nitrogen and oxygen atoms in total. The predicted molar refractivity (Wildman–Crippen MR) is 42.3 cm³/mol. The molecule has 1 aliphatic heterocycles. The molecule has 2 heteroatoms. The van der Waals surface area contributed by atoms with E-state index >= 15 is 0 Å². The van der Waals surface area contributed by atoms with Gasteiger partial charge in [-0.05, 0) is 12.3 Å². The molecule has 0 radical (unpaired) electrons. The molecule has 2 aliphatic rings. The maximum absolute atomic E-state index is 4.34. The van der Waals surface area contributed by atoms with Crippen molar-refractivity contribution in [2.24, 2.45) is 10.9 Å². The van der Waals surface area contributed by atoms with Crippen LogP contribution in [0.25, 0.3) is 0 Å². The molecule has 0 aromatic carbocycles. The Morgan fingerprint density at radius 3 is 3.00 bits per heavy atom. The first-order chi connectivity index (χ1) is 4.95. The second kappa shape index (κ2) is 2.60. The summed E-state index contributed by atoms with van der Waals surface area (Å²) in [5.41, 5.74) is 0. The number of nitrogens with one attached hydrogen (secondary N) is 1. The van der Waals surface area contributed by atoms with Gasteiger partial charge in [-0.3, -0.25) is 4.99 Å². The van der Waals surface area contributed by atoms with Crippen LogP contribution >= 0.6 is 0 Å². The molecule has 0 amide bonds. The highest BCUT2D eigenvalue weighted by atomic mass is 15.1. The van der Waals surface area contributed by atoms with Crippen molar-refractivity contribution in [2.75, 3.05) is 13.1 Å². The van der Waals surface area contributed by atoms with Crippen LogP contribution in [0.4, 0.5) is 0 Å². The SMILES string of the molecule is C1CNC(CCC2CC2)=N1. The number of hydrogen-bond acceptors (Lipinski definition) is 2. The fourth-order valence-corrected chi connectivity index (χ4v) is 1.36. The molecule has 1 aliphatic carbocycles. The summed E-state index contributed by atoms with van der Waals surface area (Å²) in [6, 6.07) is 0. The van der Waals surface area contributed by atoms with Crippen LogP contribution in [0, 0.1) is 5.92 Å². The molecule has 0 spiro atoms. The lowest BCUT2D eigenvalue weighted by Gasteiger charge is -1.98. The van der Waals surface area contributed by atoms with E-state index in [4.69, 9.17) is 0 Å². The molecule has 2 rings (SSSR count). The summed E-state index contributed by atoms with van der Waals surface area (Å²) >= 11 is 0. The highest BCUT2D eigenvalue weighted by molar-refractivity contribution is 5.83. The Labute approximate surface area is 61.7 Å². The zero-order valence-electron chi connectivity index (χ0n) is 6.27. The van der Waals surface area contributed by atoms with Crippen LogP contribution in [0.15, 0.2) is 4.99 Å². The van der Waals surface area contributed by atoms with Crippen molar-refractivity contribution in [3.05, 3.63) is 0 Å². The maximum Gasteiger partial charge on any atom is 0.0964 e. The standard InChI is InChI=1S/C8H14N2/c1-2-7(1)3-4-8-9-5-6-10-8/h7H,1-6H2,(H,9,10). The highest BCUT2D eigenvalue weighted by Crippen LogP contribution is 2.33. The van der Waals surface area contributed by atoms with Gasteiger partial charge in [-0.15, -0.1) is 0 Å². The van der Waals surface area contributed by atoms with Gasteiger partial charge < -0.3 is 5.32 Å². The summed E-state index contributed by atoms with van der Waals surface area (Å²) in [6.07, 6.45) is 5.50. The van der Waals surface area contributed by atoms with Gasteiger partial charge in [0.25, 0.3) is 0 Å². The quantitative estimate of drug-likeness (QED) is 0.622. The molecule has 10 heavy (non-hydrogen) atoms. The van der Waals surface area contributed by atoms with E-state index in [9.17, 15) is 0 Å². The normalized spacial score (nSPS) is 24.2. The lowest BCUT2D eigenvalue weighted by molar-refractivity contribution is 0.749. The smallest absolute Gasteiger partial charge is 0.0964 e. The van der Waals surface area contributed by atoms with Gasteiger partial charge in [0.1, 0.15) is 0 Å². The second-order valence-corrected chi connectivity index (χ2v) is 3.24. The van der Waals surface area contributed by atoms with Gasteiger partial charge in [0, 0.05) is 13.0 Å². The van der Waals surface area contributed by atoms with Gasteiger partial charge >= 0.3 is 0 Å². The Kier molecular flexibility index (Phi) is 1.61. The lowest BCUT2D eigenvalue weighted by atomic mass is 10.2. The topological polar surface area (TPSA) is 24.4 Å². The third-order valence-electron chi connectivity index (χ3n) is 2.23. The molecule has 1 N–H and O–H groups in total. The van der Waals surface area contributed by atoms with E-state index in [1.54, 1.807) is 0 Å². The highest BCUT2D eigenvalue weighted by Gasteiger charge is 2.21. The van der Waals surface area contributed by atoms with Crippen molar-refractivity contribution in [1.29, 1.82) is 0 Å². The summed E-state index contributed by atoms with van der Waals surface area (Å²) in [7, 11) is 0. The molecule has 1 fully saturated rings. The Bertz CT molecular complexity index is 147. The van der Waals surface area contributed by atoms with Crippen molar-refractivity contribution in [3.63, 3.8) is 0 Å². The second-order valence-electron chi connectivity index (χ2n) is 3.24. The summed E-state index contributed by atoms with van der Waals surface area (Å²) in [6.45, 7) is 2.07. The molecule has 56 valence electrons. The predicted octanol–water partition coefficient (Wildman–Crippen LogP) is 1.18. The fourth-order valence-electron chi connectivity index (χ4n) is 1.36. The third-order valence-corrected chi connectivity index (χ3v) is 2.23. The van der Waals surface area contributed by atoms with Gasteiger partial charge in [0.05, 0.1) is 12.4 Å². The summed E-state index contributed by atoms with van der Waals surface area (Å²) in [5.74, 6) is 2.30. The van der Waals surface area contributed by atoms with Crippen LogP contribution in [0.2, 0.25) is 0 Å². The number of amidine groups is 1. The largest absolute Gasteiger partial charge is 0.372 e. The average molecular weight is 138 g/mol. The first-order valence-corrected chi connectivity index (χ1v) is 4.22. The zero-order valence-corrected chi connectivity index (χ0v) is 6.27. The first-order valence-electron chi connectivity index (χ1n) is 4.22. The Hall–Kier alpha value is -0.530. The van der Waals surface area contributed by atoms with E-state index < -0.39 is 0 Å². The van der Waals surface area contributed by atoms with E-state index in [0.717, 1.165) is 19.0 Å². The number of nitrogens with zero attached hydrogens (tertiary/aromatic N) is 1. The minimum Gasteiger partial charge on any atom is -0.372 e. The molecule has 1 heterocycles. The molecule has 0 atom stereocenters. The van der Waals surface area contributed by atoms with Crippen LogP contribution in [0.5, 0.6) is 0 Å². The maximum atomic E-state index is 4.34. The van der Waals surface area contributed by atoms with Crippen molar-refractivity contribution in [3.8, 4) is 0 Å². The lowest BCUT2D eigenvalue weighted by Crippen LogP contribution is -2.18. The van der Waals surface area contributed by atoms with Crippen molar-refractivity contribution < 1.29 is 0 Å². The number of hydrogen-bond donors (Lipinski definition) is 1. The van der Waals surface area contributed by atoms with Crippen LogP contribution in [0.3, 0.4) is 0 Å².